The minimum absolute atomic E-state index is 0.0333. The normalized spacial score (nSPS) is 9.90. The van der Waals surface area contributed by atoms with E-state index in [9.17, 15) is 8.78 Å². The molecule has 0 bridgehead atoms. The lowest BCUT2D eigenvalue weighted by Crippen LogP contribution is -2.00. The second-order valence-corrected chi connectivity index (χ2v) is 4.57. The smallest absolute Gasteiger partial charge is 0.165 e. The first kappa shape index (κ1) is 15.3. The van der Waals surface area contributed by atoms with Gasteiger partial charge in [0.1, 0.15) is 19.0 Å². The third kappa shape index (κ3) is 4.19. The van der Waals surface area contributed by atoms with Gasteiger partial charge in [-0.25, -0.2) is 8.78 Å². The average molecular weight is 309 g/mol. The largest absolute Gasteiger partial charge is 0.486 e. The summed E-state index contributed by atoms with van der Waals surface area (Å²) >= 11 is 5.65. The van der Waals surface area contributed by atoms with Gasteiger partial charge in [-0.2, -0.15) is 0 Å². The van der Waals surface area contributed by atoms with Gasteiger partial charge in [-0.1, -0.05) is 29.5 Å². The molecule has 0 aliphatic carbocycles. The number of ether oxygens (including phenoxy) is 1. The van der Waals surface area contributed by atoms with Crippen molar-refractivity contribution in [3.8, 4) is 17.6 Å². The lowest BCUT2D eigenvalue weighted by atomic mass is 10.2. The second-order valence-electron chi connectivity index (χ2n) is 4.13. The van der Waals surface area contributed by atoms with Crippen LogP contribution in [0.25, 0.3) is 0 Å². The molecule has 0 aliphatic rings. The highest BCUT2D eigenvalue weighted by Gasteiger charge is 2.07. The number of aliphatic hydroxyl groups is 1. The molecule has 1 N–H and O–H groups in total. The van der Waals surface area contributed by atoms with Crippen LogP contribution in [-0.4, -0.2) is 11.7 Å². The van der Waals surface area contributed by atoms with E-state index in [4.69, 9.17) is 21.4 Å². The minimum atomic E-state index is -0.570. The molecule has 0 saturated carbocycles. The summed E-state index contributed by atoms with van der Waals surface area (Å²) in [6, 6.07) is 8.24. The molecule has 0 fully saturated rings. The summed E-state index contributed by atoms with van der Waals surface area (Å²) in [5.41, 5.74) is 0.766. The Morgan fingerprint density at radius 1 is 1.10 bits per heavy atom. The Morgan fingerprint density at radius 3 is 2.62 bits per heavy atom. The molecule has 0 amide bonds. The lowest BCUT2D eigenvalue weighted by molar-refractivity contribution is 0.284. The molecule has 0 heterocycles. The zero-order valence-corrected chi connectivity index (χ0v) is 11.6. The summed E-state index contributed by atoms with van der Waals surface area (Å²) < 4.78 is 32.5. The first-order valence-corrected chi connectivity index (χ1v) is 6.44. The summed E-state index contributed by atoms with van der Waals surface area (Å²) in [6.45, 7) is -0.416. The molecule has 0 aromatic heterocycles. The van der Waals surface area contributed by atoms with Gasteiger partial charge in [0.05, 0.1) is 0 Å². The molecule has 2 aromatic carbocycles. The standard InChI is InChI=1S/C16H11ClF2O2/c17-13-5-4-12(15(19)9-13)10-21-16-8-11(2-1-7-20)3-6-14(16)18/h3-6,8-9,20H,7,10H2. The van der Waals surface area contributed by atoms with Gasteiger partial charge in [0.15, 0.2) is 11.6 Å². The van der Waals surface area contributed by atoms with Crippen LogP contribution in [0.1, 0.15) is 11.1 Å². The predicted octanol–water partition coefficient (Wildman–Crippen LogP) is 3.54. The molecular weight excluding hydrogens is 298 g/mol. The van der Waals surface area contributed by atoms with Crippen molar-refractivity contribution in [1.82, 2.24) is 0 Å². The molecule has 2 nitrogen and oxygen atoms in total. The Morgan fingerprint density at radius 2 is 1.90 bits per heavy atom. The van der Waals surface area contributed by atoms with Crippen molar-refractivity contribution in [3.63, 3.8) is 0 Å². The molecule has 2 aromatic rings. The highest BCUT2D eigenvalue weighted by atomic mass is 35.5. The summed E-state index contributed by atoms with van der Waals surface area (Å²) in [4.78, 5) is 0. The van der Waals surface area contributed by atoms with Crippen molar-refractivity contribution >= 4 is 11.6 Å². The number of rotatable bonds is 3. The van der Waals surface area contributed by atoms with Crippen LogP contribution in [0.5, 0.6) is 5.75 Å². The van der Waals surface area contributed by atoms with Crippen LogP contribution in [-0.2, 0) is 6.61 Å². The fourth-order valence-electron chi connectivity index (χ4n) is 1.63. The van der Waals surface area contributed by atoms with Gasteiger partial charge in [0.2, 0.25) is 0 Å². The molecular formula is C16H11ClF2O2. The average Bonchev–Trinajstić information content (AvgIpc) is 2.46. The number of hydrogen-bond acceptors (Lipinski definition) is 2. The van der Waals surface area contributed by atoms with E-state index in [1.54, 1.807) is 0 Å². The van der Waals surface area contributed by atoms with Gasteiger partial charge in [0.25, 0.3) is 0 Å². The van der Waals surface area contributed by atoms with Crippen LogP contribution < -0.4 is 4.74 Å². The first-order valence-electron chi connectivity index (χ1n) is 6.06. The van der Waals surface area contributed by atoms with Crippen LogP contribution >= 0.6 is 11.6 Å². The summed E-state index contributed by atoms with van der Waals surface area (Å²) in [7, 11) is 0. The Kier molecular flexibility index (Phi) is 5.15. The SMILES string of the molecule is OCC#Cc1ccc(F)c(OCc2ccc(Cl)cc2F)c1. The van der Waals surface area contributed by atoms with Crippen molar-refractivity contribution in [3.05, 3.63) is 64.2 Å². The van der Waals surface area contributed by atoms with Gasteiger partial charge < -0.3 is 9.84 Å². The lowest BCUT2D eigenvalue weighted by Gasteiger charge is -2.08. The fourth-order valence-corrected chi connectivity index (χ4v) is 1.79. The van der Waals surface area contributed by atoms with Crippen LogP contribution in [0.2, 0.25) is 5.02 Å². The highest BCUT2D eigenvalue weighted by Crippen LogP contribution is 2.21. The maximum Gasteiger partial charge on any atom is 0.165 e. The van der Waals surface area contributed by atoms with Crippen molar-refractivity contribution in [2.24, 2.45) is 0 Å². The van der Waals surface area contributed by atoms with E-state index in [0.717, 1.165) is 0 Å². The van der Waals surface area contributed by atoms with Crippen LogP contribution in [0.15, 0.2) is 36.4 Å². The highest BCUT2D eigenvalue weighted by molar-refractivity contribution is 6.30. The van der Waals surface area contributed by atoms with Gasteiger partial charge in [-0.15, -0.1) is 0 Å². The Labute approximate surface area is 125 Å². The van der Waals surface area contributed by atoms with E-state index in [1.807, 2.05) is 0 Å². The molecule has 0 aliphatic heterocycles. The van der Waals surface area contributed by atoms with E-state index in [-0.39, 0.29) is 29.5 Å². The molecule has 108 valence electrons. The van der Waals surface area contributed by atoms with Gasteiger partial charge in [-0.05, 0) is 30.3 Å². The monoisotopic (exact) mass is 308 g/mol. The van der Waals surface area contributed by atoms with E-state index >= 15 is 0 Å². The number of halogens is 3. The molecule has 0 unspecified atom stereocenters. The molecule has 0 saturated heterocycles. The van der Waals surface area contributed by atoms with Crippen molar-refractivity contribution in [2.75, 3.05) is 6.61 Å². The van der Waals surface area contributed by atoms with Crippen LogP contribution in [0.3, 0.4) is 0 Å². The van der Waals surface area contributed by atoms with Gasteiger partial charge in [-0.3, -0.25) is 0 Å². The minimum Gasteiger partial charge on any atom is -0.486 e. The van der Waals surface area contributed by atoms with Crippen LogP contribution in [0, 0.1) is 23.5 Å². The maximum absolute atomic E-state index is 13.6. The quantitative estimate of drug-likeness (QED) is 0.879. The second kappa shape index (κ2) is 7.07. The van der Waals surface area contributed by atoms with E-state index in [2.05, 4.69) is 11.8 Å². The third-order valence-corrected chi connectivity index (χ3v) is 2.88. The Hall–Kier alpha value is -2.09. The fraction of sp³-hybridized carbons (Fsp3) is 0.125. The number of benzene rings is 2. The molecule has 0 radical (unpaired) electrons. The van der Waals surface area contributed by atoms with Crippen molar-refractivity contribution < 1.29 is 18.6 Å². The zero-order chi connectivity index (χ0) is 15.2. The number of hydrogen-bond donors (Lipinski definition) is 1. The first-order chi connectivity index (χ1) is 10.1. The van der Waals surface area contributed by atoms with E-state index in [0.29, 0.717) is 5.56 Å². The molecule has 2 rings (SSSR count). The summed E-state index contributed by atoms with van der Waals surface area (Å²) in [5.74, 6) is 3.98. The van der Waals surface area contributed by atoms with E-state index in [1.165, 1.54) is 36.4 Å². The molecule has 5 heteroatoms. The summed E-state index contributed by atoms with van der Waals surface area (Å²) in [5, 5.41) is 8.91. The van der Waals surface area contributed by atoms with Crippen molar-refractivity contribution in [1.29, 1.82) is 0 Å². The van der Waals surface area contributed by atoms with Gasteiger partial charge in [0, 0.05) is 16.1 Å². The van der Waals surface area contributed by atoms with E-state index < -0.39 is 11.6 Å². The predicted molar refractivity (Wildman–Crippen MR) is 76.1 cm³/mol. The van der Waals surface area contributed by atoms with Crippen LogP contribution in [0.4, 0.5) is 8.78 Å². The van der Waals surface area contributed by atoms with Gasteiger partial charge >= 0.3 is 0 Å². The molecule has 0 spiro atoms. The summed E-state index contributed by atoms with van der Waals surface area (Å²) in [6.07, 6.45) is 0. The zero-order valence-electron chi connectivity index (χ0n) is 10.9. The van der Waals surface area contributed by atoms with Crippen molar-refractivity contribution in [2.45, 2.75) is 6.61 Å². The maximum atomic E-state index is 13.6. The number of aliphatic hydroxyl groups excluding tert-OH is 1. The topological polar surface area (TPSA) is 29.5 Å². The Balaban J connectivity index is 2.15. The Bertz CT molecular complexity index is 705. The molecule has 21 heavy (non-hydrogen) atoms. The molecule has 0 atom stereocenters. The third-order valence-electron chi connectivity index (χ3n) is 2.64.